The van der Waals surface area contributed by atoms with E-state index >= 15 is 0 Å². The Hall–Kier alpha value is -3.29. The Kier molecular flexibility index (Phi) is 6.54. The monoisotopic (exact) mass is 399 g/mol. The molecule has 0 unspecified atom stereocenters. The van der Waals surface area contributed by atoms with Gasteiger partial charge in [0.05, 0.1) is 19.1 Å². The molecule has 0 bridgehead atoms. The van der Waals surface area contributed by atoms with Gasteiger partial charge in [0.2, 0.25) is 5.91 Å². The summed E-state index contributed by atoms with van der Waals surface area (Å²) in [5.41, 5.74) is 1.30. The summed E-state index contributed by atoms with van der Waals surface area (Å²) in [5, 5.41) is 14.1. The van der Waals surface area contributed by atoms with Crippen LogP contribution in [0.1, 0.15) is 24.8 Å². The van der Waals surface area contributed by atoms with Gasteiger partial charge in [0.25, 0.3) is 5.69 Å². The van der Waals surface area contributed by atoms with Crippen LogP contribution in [0.15, 0.2) is 42.5 Å². The van der Waals surface area contributed by atoms with Crippen LogP contribution in [0.25, 0.3) is 0 Å². The van der Waals surface area contributed by atoms with Gasteiger partial charge in [-0.3, -0.25) is 14.9 Å². The molecule has 0 heterocycles. The smallest absolute Gasteiger partial charge is 0.292 e. The van der Waals surface area contributed by atoms with E-state index in [1.165, 1.54) is 6.07 Å². The minimum Gasteiger partial charge on any atom is -0.497 e. The van der Waals surface area contributed by atoms with Gasteiger partial charge in [0, 0.05) is 37.2 Å². The molecule has 2 aromatic rings. The third kappa shape index (κ3) is 5.16. The number of carbonyl (C=O) groups is 1. The summed E-state index contributed by atoms with van der Waals surface area (Å²) in [4.78, 5) is 25.4. The summed E-state index contributed by atoms with van der Waals surface area (Å²) in [6.07, 6.45) is 2.21. The van der Waals surface area contributed by atoms with E-state index in [1.807, 2.05) is 23.1 Å². The van der Waals surface area contributed by atoms with Gasteiger partial charge in [-0.2, -0.15) is 0 Å². The lowest BCUT2D eigenvalue weighted by molar-refractivity contribution is -0.384. The number of anilines is 1. The second kappa shape index (κ2) is 9.27. The lowest BCUT2D eigenvalue weighted by Crippen LogP contribution is -2.33. The number of nitrogens with one attached hydrogen (secondary N) is 1. The van der Waals surface area contributed by atoms with E-state index < -0.39 is 4.92 Å². The van der Waals surface area contributed by atoms with Gasteiger partial charge in [-0.1, -0.05) is 12.1 Å². The van der Waals surface area contributed by atoms with Crippen molar-refractivity contribution in [1.82, 2.24) is 4.90 Å². The zero-order valence-corrected chi connectivity index (χ0v) is 16.6. The number of nitro groups is 1. The minimum atomic E-state index is -0.435. The Labute approximate surface area is 169 Å². The largest absolute Gasteiger partial charge is 0.497 e. The minimum absolute atomic E-state index is 0.000106. The maximum absolute atomic E-state index is 12.9. The molecule has 8 heteroatoms. The quantitative estimate of drug-likeness (QED) is 0.485. The number of carbonyl (C=O) groups excluding carboxylic acids is 1. The fraction of sp³-hybridized carbons (Fsp3) is 0.381. The van der Waals surface area contributed by atoms with Crippen LogP contribution >= 0.6 is 0 Å². The fourth-order valence-electron chi connectivity index (χ4n) is 3.23. The number of ether oxygens (including phenoxy) is 2. The van der Waals surface area contributed by atoms with Gasteiger partial charge >= 0.3 is 0 Å². The highest BCUT2D eigenvalue weighted by molar-refractivity contribution is 5.78. The van der Waals surface area contributed by atoms with Crippen LogP contribution in [0.2, 0.25) is 0 Å². The zero-order chi connectivity index (χ0) is 20.8. The van der Waals surface area contributed by atoms with Crippen molar-refractivity contribution in [3.63, 3.8) is 0 Å². The second-order valence-electron chi connectivity index (χ2n) is 6.88. The van der Waals surface area contributed by atoms with Crippen molar-refractivity contribution in [2.24, 2.45) is 0 Å². The molecule has 1 amide bonds. The molecule has 0 spiro atoms. The van der Waals surface area contributed by atoms with Crippen molar-refractivity contribution < 1.29 is 19.2 Å². The number of nitrogens with zero attached hydrogens (tertiary/aromatic N) is 2. The van der Waals surface area contributed by atoms with Crippen LogP contribution in [-0.4, -0.2) is 42.5 Å². The van der Waals surface area contributed by atoms with Crippen molar-refractivity contribution >= 4 is 17.3 Å². The lowest BCUT2D eigenvalue weighted by Gasteiger charge is -2.24. The summed E-state index contributed by atoms with van der Waals surface area (Å²) < 4.78 is 10.7. The van der Waals surface area contributed by atoms with Gasteiger partial charge in [0.15, 0.2) is 0 Å². The Morgan fingerprint density at radius 2 is 1.97 bits per heavy atom. The SMILES string of the molecule is COc1ccc(OC)c(CN(C(=O)CCNc2ccccc2[N+](=O)[O-])C2CC2)c1. The molecule has 0 radical (unpaired) electrons. The molecule has 3 rings (SSSR count). The van der Waals surface area contributed by atoms with E-state index in [9.17, 15) is 14.9 Å². The average molecular weight is 399 g/mol. The van der Waals surface area contributed by atoms with Crippen LogP contribution in [0.3, 0.4) is 0 Å². The normalized spacial score (nSPS) is 12.9. The van der Waals surface area contributed by atoms with Gasteiger partial charge in [-0.15, -0.1) is 0 Å². The van der Waals surface area contributed by atoms with Gasteiger partial charge in [0.1, 0.15) is 17.2 Å². The van der Waals surface area contributed by atoms with Crippen molar-refractivity contribution in [3.05, 3.63) is 58.1 Å². The van der Waals surface area contributed by atoms with E-state index in [1.54, 1.807) is 32.4 Å². The summed E-state index contributed by atoms with van der Waals surface area (Å²) in [6.45, 7) is 0.761. The van der Waals surface area contributed by atoms with Crippen LogP contribution < -0.4 is 14.8 Å². The van der Waals surface area contributed by atoms with Gasteiger partial charge in [-0.25, -0.2) is 0 Å². The number of hydrogen-bond acceptors (Lipinski definition) is 6. The molecule has 0 aliphatic heterocycles. The first kappa shape index (κ1) is 20.4. The van der Waals surface area contributed by atoms with E-state index in [2.05, 4.69) is 5.32 Å². The van der Waals surface area contributed by atoms with Crippen LogP contribution in [-0.2, 0) is 11.3 Å². The maximum Gasteiger partial charge on any atom is 0.292 e. The lowest BCUT2D eigenvalue weighted by atomic mass is 10.1. The molecule has 1 N–H and O–H groups in total. The molecule has 2 aromatic carbocycles. The molecule has 1 aliphatic rings. The van der Waals surface area contributed by atoms with E-state index in [0.29, 0.717) is 30.3 Å². The number of methoxy groups -OCH3 is 2. The predicted molar refractivity (Wildman–Crippen MR) is 109 cm³/mol. The van der Waals surface area contributed by atoms with E-state index in [0.717, 1.165) is 18.4 Å². The molecule has 0 aromatic heterocycles. The molecule has 1 saturated carbocycles. The third-order valence-electron chi connectivity index (χ3n) is 4.89. The molecule has 0 saturated heterocycles. The highest BCUT2D eigenvalue weighted by Gasteiger charge is 2.32. The Morgan fingerprint density at radius 1 is 1.21 bits per heavy atom. The molecule has 29 heavy (non-hydrogen) atoms. The number of amides is 1. The number of rotatable bonds is 10. The van der Waals surface area contributed by atoms with Gasteiger partial charge in [-0.05, 0) is 37.1 Å². The van der Waals surface area contributed by atoms with E-state index in [-0.39, 0.29) is 24.1 Å². The van der Waals surface area contributed by atoms with Crippen molar-refractivity contribution in [1.29, 1.82) is 0 Å². The first-order valence-corrected chi connectivity index (χ1v) is 9.51. The molecule has 1 fully saturated rings. The van der Waals surface area contributed by atoms with Crippen molar-refractivity contribution in [2.45, 2.75) is 31.8 Å². The van der Waals surface area contributed by atoms with Gasteiger partial charge < -0.3 is 19.7 Å². The first-order valence-electron chi connectivity index (χ1n) is 9.51. The summed E-state index contributed by atoms with van der Waals surface area (Å²) in [5.74, 6) is 1.42. The molecule has 0 atom stereocenters. The Bertz CT molecular complexity index is 882. The number of nitro benzene ring substituents is 1. The predicted octanol–water partition coefficient (Wildman–Crippen LogP) is 3.61. The first-order chi connectivity index (χ1) is 14.0. The fourth-order valence-corrected chi connectivity index (χ4v) is 3.23. The molecular weight excluding hydrogens is 374 g/mol. The van der Waals surface area contributed by atoms with Crippen LogP contribution in [0.4, 0.5) is 11.4 Å². The van der Waals surface area contributed by atoms with Crippen LogP contribution in [0.5, 0.6) is 11.5 Å². The molecule has 8 nitrogen and oxygen atoms in total. The van der Waals surface area contributed by atoms with Crippen molar-refractivity contribution in [2.75, 3.05) is 26.1 Å². The van der Waals surface area contributed by atoms with Crippen molar-refractivity contribution in [3.8, 4) is 11.5 Å². The number of benzene rings is 2. The summed E-state index contributed by atoms with van der Waals surface area (Å²) in [7, 11) is 3.20. The second-order valence-corrected chi connectivity index (χ2v) is 6.88. The highest BCUT2D eigenvalue weighted by atomic mass is 16.6. The molecule has 154 valence electrons. The highest BCUT2D eigenvalue weighted by Crippen LogP contribution is 2.32. The zero-order valence-electron chi connectivity index (χ0n) is 16.6. The molecular formula is C21H25N3O5. The molecule has 1 aliphatic carbocycles. The topological polar surface area (TPSA) is 93.9 Å². The Balaban J connectivity index is 1.65. The standard InChI is InChI=1S/C21H25N3O5/c1-28-17-9-10-20(29-2)15(13-17)14-23(16-7-8-16)21(25)11-12-22-18-5-3-4-6-19(18)24(26)27/h3-6,9-10,13,16,22H,7-8,11-12,14H2,1-2H3. The summed E-state index contributed by atoms with van der Waals surface area (Å²) >= 11 is 0. The maximum atomic E-state index is 12.9. The summed E-state index contributed by atoms with van der Waals surface area (Å²) in [6, 6.07) is 12.2. The van der Waals surface area contributed by atoms with Crippen LogP contribution in [0, 0.1) is 10.1 Å². The average Bonchev–Trinajstić information content (AvgIpc) is 3.57. The number of hydrogen-bond donors (Lipinski definition) is 1. The Morgan fingerprint density at radius 3 is 2.62 bits per heavy atom. The van der Waals surface area contributed by atoms with E-state index in [4.69, 9.17) is 9.47 Å². The third-order valence-corrected chi connectivity index (χ3v) is 4.89. The number of para-hydroxylation sites is 2.